The third kappa shape index (κ3) is 4.60. The van der Waals surface area contributed by atoms with Crippen LogP contribution in [0.25, 0.3) is 10.8 Å². The molecule has 0 spiro atoms. The number of fused-ring (bicyclic) bond motifs is 2. The molecule has 5 nitrogen and oxygen atoms in total. The Kier molecular flexibility index (Phi) is 6.43. The summed E-state index contributed by atoms with van der Waals surface area (Å²) in [6.07, 6.45) is 0.695. The summed E-state index contributed by atoms with van der Waals surface area (Å²) in [5, 5.41) is 15.8. The van der Waals surface area contributed by atoms with Crippen molar-refractivity contribution in [3.8, 4) is 11.5 Å². The zero-order chi connectivity index (χ0) is 24.4. The second kappa shape index (κ2) is 9.80. The zero-order valence-electron chi connectivity index (χ0n) is 19.9. The van der Waals surface area contributed by atoms with E-state index < -0.39 is 5.97 Å². The minimum absolute atomic E-state index is 0.0311. The Morgan fingerprint density at radius 3 is 2.66 bits per heavy atom. The number of methoxy groups -OCH3 is 1. The molecule has 1 aliphatic rings. The molecule has 0 saturated heterocycles. The lowest BCUT2D eigenvalue weighted by Gasteiger charge is -2.33. The lowest BCUT2D eigenvalue weighted by Crippen LogP contribution is -2.37. The number of benzene rings is 4. The quantitative estimate of drug-likeness (QED) is 0.340. The monoisotopic (exact) mass is 467 g/mol. The van der Waals surface area contributed by atoms with Gasteiger partial charge in [0.15, 0.2) is 0 Å². The first-order valence-electron chi connectivity index (χ1n) is 11.9. The van der Waals surface area contributed by atoms with Crippen LogP contribution in [0, 0.1) is 0 Å². The van der Waals surface area contributed by atoms with E-state index in [4.69, 9.17) is 9.47 Å². The fourth-order valence-electron chi connectivity index (χ4n) is 5.09. The van der Waals surface area contributed by atoms with Gasteiger partial charge in [0.1, 0.15) is 23.2 Å². The summed E-state index contributed by atoms with van der Waals surface area (Å²) in [5.41, 5.74) is 3.46. The van der Waals surface area contributed by atoms with Gasteiger partial charge in [-0.1, -0.05) is 66.7 Å². The molecule has 0 amide bonds. The van der Waals surface area contributed by atoms with Crippen molar-refractivity contribution in [1.29, 1.82) is 0 Å². The third-order valence-corrected chi connectivity index (χ3v) is 6.88. The maximum Gasteiger partial charge on any atom is 0.339 e. The van der Waals surface area contributed by atoms with E-state index in [1.807, 2.05) is 24.3 Å². The van der Waals surface area contributed by atoms with E-state index in [1.165, 1.54) is 23.4 Å². The summed E-state index contributed by atoms with van der Waals surface area (Å²) < 4.78 is 11.6. The predicted molar refractivity (Wildman–Crippen MR) is 138 cm³/mol. The van der Waals surface area contributed by atoms with Crippen LogP contribution in [0.15, 0.2) is 84.9 Å². The minimum atomic E-state index is -0.994. The predicted octanol–water partition coefficient (Wildman–Crippen LogP) is 6.18. The molecule has 5 rings (SSSR count). The van der Waals surface area contributed by atoms with Crippen LogP contribution >= 0.6 is 0 Å². The minimum Gasteiger partial charge on any atom is -0.496 e. The van der Waals surface area contributed by atoms with E-state index in [9.17, 15) is 9.90 Å². The Hall–Kier alpha value is -3.83. The molecule has 0 aliphatic carbocycles. The first-order valence-corrected chi connectivity index (χ1v) is 11.9. The SMILES string of the molecule is COc1ccc([C@@H]2C[C@H](CN[C@H](C)c3cccc4ccccc34)Oc3ccccc32)cc1C(=O)O. The van der Waals surface area contributed by atoms with Crippen molar-refractivity contribution in [2.45, 2.75) is 31.4 Å². The molecule has 1 heterocycles. The number of rotatable bonds is 7. The summed E-state index contributed by atoms with van der Waals surface area (Å²) in [6, 6.07) is 28.5. The van der Waals surface area contributed by atoms with Crippen molar-refractivity contribution in [3.63, 3.8) is 0 Å². The van der Waals surface area contributed by atoms with Crippen molar-refractivity contribution < 1.29 is 19.4 Å². The molecule has 0 radical (unpaired) electrons. The molecular formula is C30H29NO4. The highest BCUT2D eigenvalue weighted by Crippen LogP contribution is 2.41. The van der Waals surface area contributed by atoms with Crippen LogP contribution in [-0.4, -0.2) is 30.8 Å². The number of carboxylic acid groups (broad SMARTS) is 1. The second-order valence-electron chi connectivity index (χ2n) is 9.03. The Morgan fingerprint density at radius 1 is 1.06 bits per heavy atom. The number of carboxylic acids is 1. The molecule has 178 valence electrons. The number of para-hydroxylation sites is 1. The van der Waals surface area contributed by atoms with Gasteiger partial charge in [0.25, 0.3) is 0 Å². The molecule has 0 aromatic heterocycles. The van der Waals surface area contributed by atoms with Crippen LogP contribution in [0.1, 0.15) is 52.4 Å². The van der Waals surface area contributed by atoms with Crippen LogP contribution in [0.2, 0.25) is 0 Å². The Bertz CT molecular complexity index is 1360. The lowest BCUT2D eigenvalue weighted by molar-refractivity contribution is 0.0693. The van der Waals surface area contributed by atoms with Crippen LogP contribution in [0.3, 0.4) is 0 Å². The summed E-state index contributed by atoms with van der Waals surface area (Å²) >= 11 is 0. The van der Waals surface area contributed by atoms with Gasteiger partial charge in [-0.05, 0) is 53.4 Å². The van der Waals surface area contributed by atoms with Gasteiger partial charge in [-0.2, -0.15) is 0 Å². The topological polar surface area (TPSA) is 67.8 Å². The fourth-order valence-corrected chi connectivity index (χ4v) is 5.09. The molecule has 0 saturated carbocycles. The van der Waals surface area contributed by atoms with E-state index in [0.717, 1.165) is 23.3 Å². The first kappa shape index (κ1) is 22.9. The molecule has 35 heavy (non-hydrogen) atoms. The van der Waals surface area contributed by atoms with Crippen LogP contribution < -0.4 is 14.8 Å². The summed E-state index contributed by atoms with van der Waals surface area (Å²) in [4.78, 5) is 11.8. The highest BCUT2D eigenvalue weighted by Gasteiger charge is 2.30. The molecule has 1 aliphatic heterocycles. The maximum atomic E-state index is 11.8. The van der Waals surface area contributed by atoms with Gasteiger partial charge in [0.05, 0.1) is 7.11 Å². The van der Waals surface area contributed by atoms with Crippen molar-refractivity contribution in [3.05, 3.63) is 107 Å². The summed E-state index contributed by atoms with van der Waals surface area (Å²) in [5.74, 6) is 0.250. The average molecular weight is 468 g/mol. The van der Waals surface area contributed by atoms with E-state index in [2.05, 4.69) is 60.8 Å². The molecule has 3 atom stereocenters. The van der Waals surface area contributed by atoms with Gasteiger partial charge < -0.3 is 19.9 Å². The molecule has 0 bridgehead atoms. The largest absolute Gasteiger partial charge is 0.496 e. The van der Waals surface area contributed by atoms with Crippen molar-refractivity contribution in [2.75, 3.05) is 13.7 Å². The van der Waals surface area contributed by atoms with Crippen molar-refractivity contribution in [2.24, 2.45) is 0 Å². The highest BCUT2D eigenvalue weighted by molar-refractivity contribution is 5.91. The highest BCUT2D eigenvalue weighted by atomic mass is 16.5. The van der Waals surface area contributed by atoms with E-state index >= 15 is 0 Å². The Morgan fingerprint density at radius 2 is 1.83 bits per heavy atom. The summed E-state index contributed by atoms with van der Waals surface area (Å²) in [7, 11) is 1.49. The Balaban J connectivity index is 1.39. The maximum absolute atomic E-state index is 11.8. The number of aromatic carboxylic acids is 1. The van der Waals surface area contributed by atoms with Crippen molar-refractivity contribution >= 4 is 16.7 Å². The third-order valence-electron chi connectivity index (χ3n) is 6.88. The summed E-state index contributed by atoms with van der Waals surface area (Å²) in [6.45, 7) is 2.86. The molecule has 0 unspecified atom stereocenters. The molecular weight excluding hydrogens is 438 g/mol. The smallest absolute Gasteiger partial charge is 0.339 e. The number of hydrogen-bond donors (Lipinski definition) is 2. The fraction of sp³-hybridized carbons (Fsp3) is 0.233. The van der Waals surface area contributed by atoms with Gasteiger partial charge in [0.2, 0.25) is 0 Å². The van der Waals surface area contributed by atoms with Gasteiger partial charge in [-0.15, -0.1) is 0 Å². The first-order chi connectivity index (χ1) is 17.0. The Labute approximate surface area is 205 Å². The van der Waals surface area contributed by atoms with Gasteiger partial charge in [-0.25, -0.2) is 4.79 Å². The molecule has 2 N–H and O–H groups in total. The average Bonchev–Trinajstić information content (AvgIpc) is 2.90. The lowest BCUT2D eigenvalue weighted by atomic mass is 9.83. The molecule has 0 fully saturated rings. The van der Waals surface area contributed by atoms with Crippen LogP contribution in [-0.2, 0) is 0 Å². The zero-order valence-corrected chi connectivity index (χ0v) is 19.9. The number of hydrogen-bond acceptors (Lipinski definition) is 4. The van der Waals surface area contributed by atoms with E-state index in [-0.39, 0.29) is 23.6 Å². The van der Waals surface area contributed by atoms with Gasteiger partial charge in [0, 0.05) is 24.1 Å². The van der Waals surface area contributed by atoms with E-state index in [0.29, 0.717) is 12.3 Å². The normalized spacial score (nSPS) is 17.9. The molecule has 5 heteroatoms. The standard InChI is InChI=1S/C30H29NO4/c1-19(23-12-7-9-20-8-3-4-10-24(20)23)31-18-22-17-26(25-11-5-6-13-29(25)35-22)21-14-15-28(34-2)27(16-21)30(32)33/h3-16,19,22,26,31H,17-18H2,1-2H3,(H,32,33)/t19-,22-,26+/m1/s1. The van der Waals surface area contributed by atoms with Crippen molar-refractivity contribution in [1.82, 2.24) is 5.32 Å². The van der Waals surface area contributed by atoms with Crippen LogP contribution in [0.5, 0.6) is 11.5 Å². The number of nitrogens with one attached hydrogen (secondary N) is 1. The molecule has 4 aromatic carbocycles. The number of ether oxygens (including phenoxy) is 2. The van der Waals surface area contributed by atoms with Crippen LogP contribution in [0.4, 0.5) is 0 Å². The van der Waals surface area contributed by atoms with Gasteiger partial charge >= 0.3 is 5.97 Å². The number of carbonyl (C=O) groups is 1. The molecule has 4 aromatic rings. The van der Waals surface area contributed by atoms with E-state index in [1.54, 1.807) is 12.1 Å². The second-order valence-corrected chi connectivity index (χ2v) is 9.03. The van der Waals surface area contributed by atoms with Gasteiger partial charge in [-0.3, -0.25) is 0 Å².